The Bertz CT molecular complexity index is 1900. The molecule has 0 atom stereocenters. The van der Waals surface area contributed by atoms with E-state index in [1.165, 1.54) is 12.4 Å². The number of nitrogens with one attached hydrogen (secondary N) is 1. The first kappa shape index (κ1) is 23.6. The fourth-order valence-electron chi connectivity index (χ4n) is 4.75. The molecule has 2 amide bonds. The number of hydrogen-bond acceptors (Lipinski definition) is 8. The zero-order valence-electron chi connectivity index (χ0n) is 20.4. The van der Waals surface area contributed by atoms with Gasteiger partial charge in [-0.3, -0.25) is 24.3 Å². The molecule has 11 heteroatoms. The molecule has 188 valence electrons. The highest BCUT2D eigenvalue weighted by Crippen LogP contribution is 2.30. The zero-order chi connectivity index (χ0) is 26.6. The number of aryl methyl sites for hydroxylation is 2. The number of rotatable bonds is 4. The summed E-state index contributed by atoms with van der Waals surface area (Å²) in [5.74, 6) is -0.315. The van der Waals surface area contributed by atoms with E-state index in [4.69, 9.17) is 10.8 Å². The molecule has 0 bridgehead atoms. The van der Waals surface area contributed by atoms with E-state index in [1.54, 1.807) is 9.25 Å². The van der Waals surface area contributed by atoms with Crippen molar-refractivity contribution < 1.29 is 9.59 Å². The van der Waals surface area contributed by atoms with E-state index in [0.717, 1.165) is 34.0 Å². The largest absolute Gasteiger partial charge is 0.383 e. The fourth-order valence-corrected chi connectivity index (χ4v) is 5.41. The van der Waals surface area contributed by atoms with Crippen molar-refractivity contribution in [2.75, 3.05) is 5.73 Å². The lowest BCUT2D eigenvalue weighted by molar-refractivity contribution is -0.115. The highest BCUT2D eigenvalue weighted by atomic mass is 32.2. The van der Waals surface area contributed by atoms with Crippen molar-refractivity contribution in [3.05, 3.63) is 92.6 Å². The molecular weight excluding hydrogens is 502 g/mol. The van der Waals surface area contributed by atoms with E-state index in [0.29, 0.717) is 27.8 Å². The molecule has 0 spiro atoms. The van der Waals surface area contributed by atoms with E-state index < -0.39 is 11.1 Å². The topological polar surface area (TPSA) is 138 Å². The van der Waals surface area contributed by atoms with Crippen LogP contribution >= 0.6 is 11.8 Å². The molecule has 38 heavy (non-hydrogen) atoms. The van der Waals surface area contributed by atoms with Gasteiger partial charge in [-0.25, -0.2) is 14.6 Å². The van der Waals surface area contributed by atoms with Crippen LogP contribution in [0.25, 0.3) is 33.6 Å². The van der Waals surface area contributed by atoms with E-state index in [9.17, 15) is 14.4 Å². The Kier molecular flexibility index (Phi) is 5.57. The first-order valence-electron chi connectivity index (χ1n) is 11.7. The number of carbonyl (C=O) groups is 2. The summed E-state index contributed by atoms with van der Waals surface area (Å²) < 4.78 is 3.34. The Morgan fingerprint density at radius 1 is 1.00 bits per heavy atom. The number of para-hydroxylation sites is 1. The Labute approximate surface area is 220 Å². The summed E-state index contributed by atoms with van der Waals surface area (Å²) in [6.45, 7) is 4.07. The van der Waals surface area contributed by atoms with Gasteiger partial charge in [-0.2, -0.15) is 5.10 Å². The van der Waals surface area contributed by atoms with Crippen molar-refractivity contribution in [1.29, 1.82) is 0 Å². The van der Waals surface area contributed by atoms with E-state index in [-0.39, 0.29) is 22.8 Å². The van der Waals surface area contributed by atoms with Crippen LogP contribution < -0.4 is 16.6 Å². The number of imide groups is 1. The van der Waals surface area contributed by atoms with Crippen LogP contribution in [0, 0.1) is 13.8 Å². The summed E-state index contributed by atoms with van der Waals surface area (Å²) in [4.78, 5) is 46.5. The van der Waals surface area contributed by atoms with Gasteiger partial charge in [0.15, 0.2) is 5.65 Å². The Hall–Kier alpha value is -4.77. The molecule has 2 aromatic carbocycles. The Balaban J connectivity index is 1.59. The van der Waals surface area contributed by atoms with Gasteiger partial charge in [0.05, 0.1) is 33.6 Å². The molecule has 0 aliphatic carbocycles. The average Bonchev–Trinajstić information content (AvgIpc) is 3.39. The first-order valence-corrected chi connectivity index (χ1v) is 12.6. The number of pyridine rings is 1. The maximum atomic E-state index is 13.9. The predicted octanol–water partition coefficient (Wildman–Crippen LogP) is 3.70. The van der Waals surface area contributed by atoms with Crippen molar-refractivity contribution >= 4 is 56.6 Å². The van der Waals surface area contributed by atoms with Crippen LogP contribution in [0.15, 0.2) is 64.6 Å². The van der Waals surface area contributed by atoms with Gasteiger partial charge >= 0.3 is 0 Å². The number of thioether (sulfide) groups is 1. The second kappa shape index (κ2) is 8.96. The van der Waals surface area contributed by atoms with Crippen LogP contribution in [0.4, 0.5) is 10.6 Å². The number of fused-ring (bicyclic) bond motifs is 2. The SMILES string of the molecule is Cc1ccccc1-n1c(Cn2nc(C=C3SC(=O)NC3=O)c3c(N)ncnc32)cc2cccc(C)c2c1=O. The number of aromatic nitrogens is 5. The van der Waals surface area contributed by atoms with Gasteiger partial charge < -0.3 is 5.73 Å². The van der Waals surface area contributed by atoms with Gasteiger partial charge in [-0.05, 0) is 60.3 Å². The third-order valence-electron chi connectivity index (χ3n) is 6.49. The minimum absolute atomic E-state index is 0.129. The Morgan fingerprint density at radius 2 is 1.79 bits per heavy atom. The number of anilines is 1. The van der Waals surface area contributed by atoms with Gasteiger partial charge in [-0.1, -0.05) is 36.4 Å². The van der Waals surface area contributed by atoms with Gasteiger partial charge in [0.25, 0.3) is 16.7 Å². The quantitative estimate of drug-likeness (QED) is 0.340. The Morgan fingerprint density at radius 3 is 2.55 bits per heavy atom. The second-order valence-corrected chi connectivity index (χ2v) is 9.97. The van der Waals surface area contributed by atoms with E-state index in [1.807, 2.05) is 62.4 Å². The zero-order valence-corrected chi connectivity index (χ0v) is 21.2. The van der Waals surface area contributed by atoms with Crippen molar-refractivity contribution in [1.82, 2.24) is 29.6 Å². The fraction of sp³-hybridized carbons (Fsp3) is 0.111. The standard InChI is InChI=1S/C27H21N7O3S/c1-14-6-3-4-9-19(14)34-17(10-16-8-5-7-15(2)21(16)26(34)36)12-33-24-22(23(28)29-13-30-24)18(32-33)11-20-25(35)31-27(37)38-20/h3-11,13H,12H2,1-2H3,(H2,28,29,30)(H,31,35,37). The summed E-state index contributed by atoms with van der Waals surface area (Å²) in [7, 11) is 0. The molecule has 1 fully saturated rings. The lowest BCUT2D eigenvalue weighted by Crippen LogP contribution is -2.25. The highest BCUT2D eigenvalue weighted by molar-refractivity contribution is 8.18. The second-order valence-electron chi connectivity index (χ2n) is 8.95. The maximum absolute atomic E-state index is 13.9. The minimum Gasteiger partial charge on any atom is -0.383 e. The van der Waals surface area contributed by atoms with E-state index >= 15 is 0 Å². The van der Waals surface area contributed by atoms with Crippen molar-refractivity contribution in [2.45, 2.75) is 20.4 Å². The molecule has 4 heterocycles. The van der Waals surface area contributed by atoms with Crippen molar-refractivity contribution in [3.8, 4) is 5.69 Å². The lowest BCUT2D eigenvalue weighted by atomic mass is 10.1. The average molecular weight is 524 g/mol. The predicted molar refractivity (Wildman–Crippen MR) is 147 cm³/mol. The van der Waals surface area contributed by atoms with Gasteiger partial charge in [0, 0.05) is 5.69 Å². The minimum atomic E-state index is -0.503. The van der Waals surface area contributed by atoms with Crippen molar-refractivity contribution in [3.63, 3.8) is 0 Å². The molecule has 3 N–H and O–H groups in total. The first-order chi connectivity index (χ1) is 18.3. The molecule has 0 saturated carbocycles. The number of benzene rings is 2. The number of amides is 2. The summed E-state index contributed by atoms with van der Waals surface area (Å²) in [5, 5.41) is 8.39. The third-order valence-corrected chi connectivity index (χ3v) is 7.31. The smallest absolute Gasteiger partial charge is 0.290 e. The van der Waals surface area contributed by atoms with Crippen LogP contribution in [0.1, 0.15) is 22.5 Å². The third kappa shape index (κ3) is 3.84. The van der Waals surface area contributed by atoms with E-state index in [2.05, 4.69) is 15.3 Å². The molecule has 1 aliphatic rings. The summed E-state index contributed by atoms with van der Waals surface area (Å²) in [6.07, 6.45) is 2.84. The van der Waals surface area contributed by atoms with Crippen molar-refractivity contribution in [2.24, 2.45) is 0 Å². The number of nitrogen functional groups attached to an aromatic ring is 1. The molecule has 5 aromatic rings. The molecule has 10 nitrogen and oxygen atoms in total. The maximum Gasteiger partial charge on any atom is 0.290 e. The van der Waals surface area contributed by atoms with Crippen LogP contribution in [-0.2, 0) is 11.3 Å². The summed E-state index contributed by atoms with van der Waals surface area (Å²) in [6, 6.07) is 15.4. The highest BCUT2D eigenvalue weighted by Gasteiger charge is 2.27. The van der Waals surface area contributed by atoms with Gasteiger partial charge in [0.1, 0.15) is 12.1 Å². The molecule has 1 saturated heterocycles. The van der Waals surface area contributed by atoms with Crippen LogP contribution in [0.2, 0.25) is 0 Å². The summed E-state index contributed by atoms with van der Waals surface area (Å²) in [5.41, 5.74) is 10.1. The van der Waals surface area contributed by atoms with Crippen LogP contribution in [0.3, 0.4) is 0 Å². The molecular formula is C27H21N7O3S. The lowest BCUT2D eigenvalue weighted by Gasteiger charge is -2.17. The number of hydrogen-bond donors (Lipinski definition) is 2. The van der Waals surface area contributed by atoms with Gasteiger partial charge in [0.2, 0.25) is 0 Å². The normalized spacial score (nSPS) is 14.6. The number of nitrogens with two attached hydrogens (primary N) is 1. The molecule has 1 aliphatic heterocycles. The summed E-state index contributed by atoms with van der Waals surface area (Å²) >= 11 is 0.787. The molecule has 0 radical (unpaired) electrons. The number of nitrogens with zero attached hydrogens (tertiary/aromatic N) is 5. The molecule has 3 aromatic heterocycles. The van der Waals surface area contributed by atoms with Gasteiger partial charge in [-0.15, -0.1) is 0 Å². The monoisotopic (exact) mass is 523 g/mol. The molecule has 6 rings (SSSR count). The molecule has 0 unspecified atom stereocenters. The van der Waals surface area contributed by atoms with Crippen LogP contribution in [-0.4, -0.2) is 35.5 Å². The number of carbonyl (C=O) groups excluding carboxylic acids is 2. The van der Waals surface area contributed by atoms with Crippen LogP contribution in [0.5, 0.6) is 0 Å².